The van der Waals surface area contributed by atoms with Crippen molar-refractivity contribution in [2.45, 2.75) is 38.6 Å². The van der Waals surface area contributed by atoms with Crippen LogP contribution in [0.15, 0.2) is 24.3 Å². The van der Waals surface area contributed by atoms with Crippen LogP contribution in [0.25, 0.3) is 0 Å². The third-order valence-electron chi connectivity index (χ3n) is 3.77. The van der Waals surface area contributed by atoms with E-state index in [0.29, 0.717) is 17.5 Å². The molecule has 0 radical (unpaired) electrons. The number of anilines is 1. The molecule has 1 aliphatic rings. The molecular weight excluding hydrogens is 250 g/mol. The number of nitrogens with one attached hydrogen (secondary N) is 2. The fourth-order valence-electron chi connectivity index (χ4n) is 2.69. The summed E-state index contributed by atoms with van der Waals surface area (Å²) < 4.78 is 0. The van der Waals surface area contributed by atoms with E-state index in [2.05, 4.69) is 23.6 Å². The van der Waals surface area contributed by atoms with Gasteiger partial charge in [-0.3, -0.25) is 4.79 Å². The Labute approximate surface area is 120 Å². The van der Waals surface area contributed by atoms with E-state index in [0.717, 1.165) is 18.5 Å². The van der Waals surface area contributed by atoms with Gasteiger partial charge in [-0.1, -0.05) is 19.8 Å². The summed E-state index contributed by atoms with van der Waals surface area (Å²) in [6.07, 6.45) is 4.65. The highest BCUT2D eigenvalue weighted by Gasteiger charge is 2.19. The molecule has 0 unspecified atom stereocenters. The molecule has 0 spiro atoms. The minimum atomic E-state index is 0.0356. The molecule has 4 heteroatoms. The quantitative estimate of drug-likeness (QED) is 0.885. The van der Waals surface area contributed by atoms with Crippen molar-refractivity contribution in [1.82, 2.24) is 5.32 Å². The number of amides is 1. The average Bonchev–Trinajstić information content (AvgIpc) is 2.46. The van der Waals surface area contributed by atoms with Crippen molar-refractivity contribution < 1.29 is 4.79 Å². The van der Waals surface area contributed by atoms with Crippen LogP contribution in [0.4, 0.5) is 5.69 Å². The van der Waals surface area contributed by atoms with Crippen molar-refractivity contribution in [1.29, 1.82) is 5.26 Å². The molecule has 2 N–H and O–H groups in total. The van der Waals surface area contributed by atoms with Crippen molar-refractivity contribution in [3.05, 3.63) is 29.8 Å². The van der Waals surface area contributed by atoms with Gasteiger partial charge < -0.3 is 10.6 Å². The first-order valence-corrected chi connectivity index (χ1v) is 7.21. The lowest BCUT2D eigenvalue weighted by molar-refractivity contribution is -0.120. The fourth-order valence-corrected chi connectivity index (χ4v) is 2.69. The lowest BCUT2D eigenvalue weighted by Gasteiger charge is -2.27. The molecule has 1 aromatic carbocycles. The smallest absolute Gasteiger partial charge is 0.239 e. The van der Waals surface area contributed by atoms with Gasteiger partial charge in [0.2, 0.25) is 5.91 Å². The Balaban J connectivity index is 1.75. The van der Waals surface area contributed by atoms with E-state index in [1.54, 1.807) is 12.1 Å². The number of nitriles is 1. The van der Waals surface area contributed by atoms with Crippen LogP contribution in [-0.4, -0.2) is 18.5 Å². The Morgan fingerprint density at radius 1 is 1.35 bits per heavy atom. The molecule has 1 saturated carbocycles. The Bertz CT molecular complexity index is 489. The lowest BCUT2D eigenvalue weighted by Crippen LogP contribution is -2.40. The fraction of sp³-hybridized carbons (Fsp3) is 0.500. The zero-order chi connectivity index (χ0) is 14.4. The van der Waals surface area contributed by atoms with E-state index in [4.69, 9.17) is 5.26 Å². The molecule has 106 valence electrons. The summed E-state index contributed by atoms with van der Waals surface area (Å²) in [5.41, 5.74) is 1.48. The predicted octanol–water partition coefficient (Wildman–Crippen LogP) is 2.67. The normalized spacial score (nSPS) is 21.8. The first-order chi connectivity index (χ1) is 9.67. The standard InChI is InChI=1S/C16H21N3O/c1-12-3-2-4-15(9-12)19-16(20)11-18-14-7-5-13(10-17)6-8-14/h5-8,12,15,18H,2-4,9,11H2,1H3,(H,19,20)/t12-,15+/m0/s1. The second-order valence-corrected chi connectivity index (χ2v) is 5.58. The van der Waals surface area contributed by atoms with E-state index in [-0.39, 0.29) is 12.5 Å². The van der Waals surface area contributed by atoms with Gasteiger partial charge >= 0.3 is 0 Å². The van der Waals surface area contributed by atoms with E-state index in [1.807, 2.05) is 12.1 Å². The Hall–Kier alpha value is -2.02. The Morgan fingerprint density at radius 2 is 2.10 bits per heavy atom. The first-order valence-electron chi connectivity index (χ1n) is 7.21. The van der Waals surface area contributed by atoms with Crippen molar-refractivity contribution >= 4 is 11.6 Å². The molecule has 2 rings (SSSR count). The second kappa shape index (κ2) is 6.95. The van der Waals surface area contributed by atoms with Crippen LogP contribution < -0.4 is 10.6 Å². The largest absolute Gasteiger partial charge is 0.376 e. The van der Waals surface area contributed by atoms with Gasteiger partial charge in [-0.15, -0.1) is 0 Å². The van der Waals surface area contributed by atoms with Crippen LogP contribution in [-0.2, 0) is 4.79 Å². The summed E-state index contributed by atoms with van der Waals surface area (Å²) >= 11 is 0. The third-order valence-corrected chi connectivity index (χ3v) is 3.77. The van der Waals surface area contributed by atoms with Crippen molar-refractivity contribution in [3.8, 4) is 6.07 Å². The van der Waals surface area contributed by atoms with E-state index in [9.17, 15) is 4.79 Å². The van der Waals surface area contributed by atoms with Crippen molar-refractivity contribution in [2.24, 2.45) is 5.92 Å². The Morgan fingerprint density at radius 3 is 2.75 bits per heavy atom. The molecule has 0 heterocycles. The van der Waals surface area contributed by atoms with E-state index >= 15 is 0 Å². The maximum atomic E-state index is 11.9. The van der Waals surface area contributed by atoms with Crippen LogP contribution in [0.2, 0.25) is 0 Å². The summed E-state index contributed by atoms with van der Waals surface area (Å²) in [4.78, 5) is 11.9. The summed E-state index contributed by atoms with van der Waals surface area (Å²) in [5, 5.41) is 14.9. The number of carbonyl (C=O) groups is 1. The maximum absolute atomic E-state index is 11.9. The van der Waals surface area contributed by atoms with Crippen LogP contribution >= 0.6 is 0 Å². The van der Waals surface area contributed by atoms with Crippen LogP contribution in [0.1, 0.15) is 38.2 Å². The van der Waals surface area contributed by atoms with Crippen LogP contribution in [0, 0.1) is 17.2 Å². The van der Waals surface area contributed by atoms with E-state index < -0.39 is 0 Å². The van der Waals surface area contributed by atoms with Gasteiger partial charge in [0.25, 0.3) is 0 Å². The van der Waals surface area contributed by atoms with Gasteiger partial charge in [-0.05, 0) is 43.0 Å². The van der Waals surface area contributed by atoms with Gasteiger partial charge in [0.15, 0.2) is 0 Å². The minimum Gasteiger partial charge on any atom is -0.376 e. The highest BCUT2D eigenvalue weighted by atomic mass is 16.1. The molecule has 1 fully saturated rings. The molecule has 0 saturated heterocycles. The highest BCUT2D eigenvalue weighted by Crippen LogP contribution is 2.23. The molecule has 1 amide bonds. The molecule has 20 heavy (non-hydrogen) atoms. The molecule has 2 atom stereocenters. The van der Waals surface area contributed by atoms with Gasteiger partial charge in [0.1, 0.15) is 0 Å². The SMILES string of the molecule is C[C@H]1CCC[C@@H](NC(=O)CNc2ccc(C#N)cc2)C1. The molecular formula is C16H21N3O. The van der Waals surface area contributed by atoms with Gasteiger partial charge in [-0.25, -0.2) is 0 Å². The van der Waals surface area contributed by atoms with E-state index in [1.165, 1.54) is 12.8 Å². The highest BCUT2D eigenvalue weighted by molar-refractivity contribution is 5.81. The lowest BCUT2D eigenvalue weighted by atomic mass is 9.87. The van der Waals surface area contributed by atoms with Crippen molar-refractivity contribution in [3.63, 3.8) is 0 Å². The van der Waals surface area contributed by atoms with Crippen LogP contribution in [0.5, 0.6) is 0 Å². The summed E-state index contributed by atoms with van der Waals surface area (Å²) in [6, 6.07) is 9.50. The van der Waals surface area contributed by atoms with Crippen LogP contribution in [0.3, 0.4) is 0 Å². The summed E-state index contributed by atoms with van der Waals surface area (Å²) in [5.74, 6) is 0.744. The zero-order valence-electron chi connectivity index (χ0n) is 11.9. The molecule has 0 aliphatic heterocycles. The summed E-state index contributed by atoms with van der Waals surface area (Å²) in [6.45, 7) is 2.52. The number of rotatable bonds is 4. The number of carbonyl (C=O) groups excluding carboxylic acids is 1. The Kier molecular flexibility index (Phi) is 5.00. The third kappa shape index (κ3) is 4.27. The van der Waals surface area contributed by atoms with Crippen molar-refractivity contribution in [2.75, 3.05) is 11.9 Å². The monoisotopic (exact) mass is 271 g/mol. The number of benzene rings is 1. The number of hydrogen-bond donors (Lipinski definition) is 2. The topological polar surface area (TPSA) is 64.9 Å². The predicted molar refractivity (Wildman–Crippen MR) is 79.2 cm³/mol. The first kappa shape index (κ1) is 14.4. The maximum Gasteiger partial charge on any atom is 0.239 e. The molecule has 0 aromatic heterocycles. The molecule has 0 bridgehead atoms. The van der Waals surface area contributed by atoms with Gasteiger partial charge in [0.05, 0.1) is 18.2 Å². The average molecular weight is 271 g/mol. The molecule has 4 nitrogen and oxygen atoms in total. The number of hydrogen-bond acceptors (Lipinski definition) is 3. The van der Waals surface area contributed by atoms with Gasteiger partial charge in [-0.2, -0.15) is 5.26 Å². The molecule has 1 aromatic rings. The van der Waals surface area contributed by atoms with Gasteiger partial charge in [0, 0.05) is 11.7 Å². The second-order valence-electron chi connectivity index (χ2n) is 5.58. The molecule has 1 aliphatic carbocycles. The number of nitrogens with zero attached hydrogens (tertiary/aromatic N) is 1. The zero-order valence-corrected chi connectivity index (χ0v) is 11.9. The minimum absolute atomic E-state index is 0.0356. The summed E-state index contributed by atoms with van der Waals surface area (Å²) in [7, 11) is 0.